The number of aryl methyl sites for hydroxylation is 1. The van der Waals surface area contributed by atoms with Crippen molar-refractivity contribution in [3.8, 4) is 11.5 Å². The largest absolute Gasteiger partial charge is 0.508 e. The predicted molar refractivity (Wildman–Crippen MR) is 128 cm³/mol. The Morgan fingerprint density at radius 2 is 2.00 bits per heavy atom. The summed E-state index contributed by atoms with van der Waals surface area (Å²) in [5.41, 5.74) is 1.79. The summed E-state index contributed by atoms with van der Waals surface area (Å²) in [6.07, 6.45) is 1.53. The van der Waals surface area contributed by atoms with Gasteiger partial charge in [0.1, 0.15) is 17.3 Å². The number of ketones is 1. The van der Waals surface area contributed by atoms with Crippen LogP contribution in [0.15, 0.2) is 48.0 Å². The van der Waals surface area contributed by atoms with E-state index in [0.29, 0.717) is 36.0 Å². The summed E-state index contributed by atoms with van der Waals surface area (Å²) >= 11 is 0. The van der Waals surface area contributed by atoms with Gasteiger partial charge in [0.05, 0.1) is 24.3 Å². The molecule has 7 nitrogen and oxygen atoms in total. The molecule has 2 aliphatic heterocycles. The Morgan fingerprint density at radius 1 is 1.21 bits per heavy atom. The van der Waals surface area contributed by atoms with Gasteiger partial charge in [0, 0.05) is 18.7 Å². The summed E-state index contributed by atoms with van der Waals surface area (Å²) in [7, 11) is 0. The number of amides is 1. The molecular formula is C27H31NO6. The lowest BCUT2D eigenvalue weighted by molar-refractivity contribution is -0.140. The van der Waals surface area contributed by atoms with Gasteiger partial charge in [-0.1, -0.05) is 26.0 Å². The molecule has 2 atom stereocenters. The zero-order valence-corrected chi connectivity index (χ0v) is 19.8. The van der Waals surface area contributed by atoms with E-state index in [4.69, 9.17) is 9.47 Å². The molecule has 2 unspecified atom stereocenters. The van der Waals surface area contributed by atoms with E-state index in [0.717, 1.165) is 18.4 Å². The summed E-state index contributed by atoms with van der Waals surface area (Å²) in [5, 5.41) is 21.3. The van der Waals surface area contributed by atoms with Crippen LogP contribution in [0, 0.1) is 12.8 Å². The van der Waals surface area contributed by atoms with Gasteiger partial charge in [0.2, 0.25) is 0 Å². The smallest absolute Gasteiger partial charge is 0.295 e. The van der Waals surface area contributed by atoms with Crippen LogP contribution in [0.2, 0.25) is 0 Å². The highest BCUT2D eigenvalue weighted by Crippen LogP contribution is 2.41. The number of aromatic hydroxyl groups is 1. The van der Waals surface area contributed by atoms with E-state index in [1.165, 1.54) is 17.0 Å². The number of likely N-dealkylation sites (tertiary alicyclic amines) is 1. The van der Waals surface area contributed by atoms with Gasteiger partial charge in [-0.05, 0) is 67.1 Å². The van der Waals surface area contributed by atoms with Crippen molar-refractivity contribution in [1.82, 2.24) is 4.90 Å². The summed E-state index contributed by atoms with van der Waals surface area (Å²) in [4.78, 5) is 27.7. The Bertz CT molecular complexity index is 1120. The van der Waals surface area contributed by atoms with Crippen LogP contribution in [0.5, 0.6) is 11.5 Å². The SMILES string of the molecule is Cc1cc(/C(O)=C2/C(=O)C(=O)N(CC3CCCO3)C2c2cccc(O)c2)ccc1OCC(C)C. The monoisotopic (exact) mass is 465 g/mol. The van der Waals surface area contributed by atoms with Crippen LogP contribution in [-0.2, 0) is 14.3 Å². The minimum Gasteiger partial charge on any atom is -0.508 e. The van der Waals surface area contributed by atoms with E-state index in [1.807, 2.05) is 6.92 Å². The van der Waals surface area contributed by atoms with Gasteiger partial charge in [-0.3, -0.25) is 9.59 Å². The fourth-order valence-electron chi connectivity index (χ4n) is 4.49. The van der Waals surface area contributed by atoms with Gasteiger partial charge >= 0.3 is 0 Å². The second-order valence-electron chi connectivity index (χ2n) is 9.37. The Kier molecular flexibility index (Phi) is 6.93. The molecule has 2 saturated heterocycles. The molecule has 0 spiro atoms. The molecule has 0 bridgehead atoms. The number of Topliss-reactive ketones (excluding diaryl/α,β-unsaturated/α-hetero) is 1. The minimum absolute atomic E-state index is 0.00356. The average Bonchev–Trinajstić information content (AvgIpc) is 3.40. The fraction of sp³-hybridized carbons (Fsp3) is 0.407. The highest BCUT2D eigenvalue weighted by Gasteiger charge is 2.47. The molecule has 1 amide bonds. The molecule has 180 valence electrons. The van der Waals surface area contributed by atoms with E-state index in [1.54, 1.807) is 30.3 Å². The van der Waals surface area contributed by atoms with Crippen LogP contribution >= 0.6 is 0 Å². The molecule has 4 rings (SSSR count). The Hall–Kier alpha value is -3.32. The maximum atomic E-state index is 13.2. The van der Waals surface area contributed by atoms with Crippen LogP contribution in [0.4, 0.5) is 0 Å². The van der Waals surface area contributed by atoms with Gasteiger partial charge in [0.25, 0.3) is 11.7 Å². The molecule has 2 heterocycles. The van der Waals surface area contributed by atoms with E-state index in [2.05, 4.69) is 13.8 Å². The third kappa shape index (κ3) is 4.80. The molecule has 2 aliphatic rings. The number of rotatable bonds is 7. The molecule has 7 heteroatoms. The van der Waals surface area contributed by atoms with Gasteiger partial charge in [-0.2, -0.15) is 0 Å². The summed E-state index contributed by atoms with van der Waals surface area (Å²) in [6, 6.07) is 10.8. The van der Waals surface area contributed by atoms with Crippen molar-refractivity contribution in [2.45, 2.75) is 45.8 Å². The molecule has 2 aromatic carbocycles. The maximum absolute atomic E-state index is 13.2. The number of hydrogen-bond acceptors (Lipinski definition) is 6. The number of ether oxygens (including phenoxy) is 2. The zero-order chi connectivity index (χ0) is 24.4. The fourth-order valence-corrected chi connectivity index (χ4v) is 4.49. The van der Waals surface area contributed by atoms with E-state index >= 15 is 0 Å². The second kappa shape index (κ2) is 9.89. The Labute approximate surface area is 199 Å². The molecule has 2 aromatic rings. The summed E-state index contributed by atoms with van der Waals surface area (Å²) < 4.78 is 11.5. The third-order valence-electron chi connectivity index (χ3n) is 6.17. The van der Waals surface area contributed by atoms with E-state index < -0.39 is 17.7 Å². The molecule has 0 aliphatic carbocycles. The first kappa shape index (κ1) is 23.8. The third-order valence-corrected chi connectivity index (χ3v) is 6.17. The molecule has 0 aromatic heterocycles. The summed E-state index contributed by atoms with van der Waals surface area (Å²) in [6.45, 7) is 7.42. The number of aliphatic hydroxyl groups is 1. The number of benzene rings is 2. The van der Waals surface area contributed by atoms with Crippen molar-refractivity contribution in [2.24, 2.45) is 5.92 Å². The number of nitrogens with zero attached hydrogens (tertiary/aromatic N) is 1. The van der Waals surface area contributed by atoms with Crippen LogP contribution in [0.25, 0.3) is 5.76 Å². The standard InChI is InChI=1S/C27H31NO6/c1-16(2)15-34-22-10-9-19(12-17(22)3)25(30)23-24(18-6-4-7-20(29)13-18)28(27(32)26(23)31)14-21-8-5-11-33-21/h4,6-7,9-10,12-13,16,21,24,29-30H,5,8,11,14-15H2,1-3H3/b25-23-. The molecule has 34 heavy (non-hydrogen) atoms. The van der Waals surface area contributed by atoms with Crippen LogP contribution in [0.3, 0.4) is 0 Å². The second-order valence-corrected chi connectivity index (χ2v) is 9.37. The highest BCUT2D eigenvalue weighted by atomic mass is 16.5. The number of carbonyl (C=O) groups is 2. The van der Waals surface area contributed by atoms with Gasteiger partial charge < -0.3 is 24.6 Å². The lowest BCUT2D eigenvalue weighted by Gasteiger charge is -2.27. The first-order valence-electron chi connectivity index (χ1n) is 11.7. The molecule has 0 saturated carbocycles. The normalized spacial score (nSPS) is 22.1. The van der Waals surface area contributed by atoms with Crippen molar-refractivity contribution >= 4 is 17.4 Å². The predicted octanol–water partition coefficient (Wildman–Crippen LogP) is 4.34. The lowest BCUT2D eigenvalue weighted by Crippen LogP contribution is -2.36. The summed E-state index contributed by atoms with van der Waals surface area (Å²) in [5.74, 6) is -0.591. The van der Waals surface area contributed by atoms with E-state index in [9.17, 15) is 19.8 Å². The van der Waals surface area contributed by atoms with Crippen molar-refractivity contribution in [3.63, 3.8) is 0 Å². The number of aliphatic hydroxyl groups excluding tert-OH is 1. The minimum atomic E-state index is -0.825. The number of hydrogen-bond donors (Lipinski definition) is 2. The topological polar surface area (TPSA) is 96.3 Å². The molecule has 0 radical (unpaired) electrons. The van der Waals surface area contributed by atoms with Crippen molar-refractivity contribution in [2.75, 3.05) is 19.8 Å². The highest BCUT2D eigenvalue weighted by molar-refractivity contribution is 6.46. The Morgan fingerprint density at radius 3 is 2.65 bits per heavy atom. The number of carbonyl (C=O) groups excluding carboxylic acids is 2. The van der Waals surface area contributed by atoms with Gasteiger partial charge in [-0.15, -0.1) is 0 Å². The van der Waals surface area contributed by atoms with Gasteiger partial charge in [-0.25, -0.2) is 0 Å². The number of phenols is 1. The maximum Gasteiger partial charge on any atom is 0.295 e. The molecule has 2 N–H and O–H groups in total. The first-order valence-corrected chi connectivity index (χ1v) is 11.7. The number of phenolic OH excluding ortho intramolecular Hbond substituents is 1. The lowest BCUT2D eigenvalue weighted by atomic mass is 9.94. The molecular weight excluding hydrogens is 434 g/mol. The van der Waals surface area contributed by atoms with Gasteiger partial charge in [0.15, 0.2) is 0 Å². The van der Waals surface area contributed by atoms with Crippen molar-refractivity contribution < 1.29 is 29.3 Å². The van der Waals surface area contributed by atoms with E-state index in [-0.39, 0.29) is 29.7 Å². The van der Waals surface area contributed by atoms with Crippen molar-refractivity contribution in [3.05, 3.63) is 64.7 Å². The average molecular weight is 466 g/mol. The van der Waals surface area contributed by atoms with Crippen LogP contribution < -0.4 is 4.74 Å². The van der Waals surface area contributed by atoms with Crippen molar-refractivity contribution in [1.29, 1.82) is 0 Å². The molecule has 2 fully saturated rings. The first-order chi connectivity index (χ1) is 16.3. The Balaban J connectivity index is 1.76. The van der Waals surface area contributed by atoms with Crippen LogP contribution in [-0.4, -0.2) is 52.7 Å². The quantitative estimate of drug-likeness (QED) is 0.359. The zero-order valence-electron chi connectivity index (χ0n) is 19.8. The van der Waals surface area contributed by atoms with Crippen LogP contribution in [0.1, 0.15) is 49.4 Å².